The van der Waals surface area contributed by atoms with Gasteiger partial charge >= 0.3 is 0 Å². The minimum absolute atomic E-state index is 0. The number of hydrogen-bond donors (Lipinski definition) is 1. The van der Waals surface area contributed by atoms with Crippen molar-refractivity contribution in [3.05, 3.63) is 41.4 Å². The van der Waals surface area contributed by atoms with Gasteiger partial charge in [0.25, 0.3) is 0 Å². The summed E-state index contributed by atoms with van der Waals surface area (Å²) in [6, 6.07) is 12.9. The van der Waals surface area contributed by atoms with Crippen molar-refractivity contribution in [2.24, 2.45) is 0 Å². The van der Waals surface area contributed by atoms with Crippen molar-refractivity contribution in [3.8, 4) is 5.75 Å². The van der Waals surface area contributed by atoms with Crippen LogP contribution in [0.5, 0.6) is 5.75 Å². The van der Waals surface area contributed by atoms with E-state index in [1.54, 1.807) is 7.11 Å². The van der Waals surface area contributed by atoms with E-state index in [2.05, 4.69) is 50.0 Å². The molecule has 0 saturated heterocycles. The largest absolute Gasteiger partial charge is 0.497 e. The van der Waals surface area contributed by atoms with E-state index in [9.17, 15) is 0 Å². The molecule has 0 radical (unpaired) electrons. The van der Waals surface area contributed by atoms with Crippen molar-refractivity contribution in [1.29, 1.82) is 0 Å². The number of ether oxygens (including phenoxy) is 1. The number of anilines is 1. The van der Waals surface area contributed by atoms with Crippen LogP contribution in [-0.4, -0.2) is 42.2 Å². The summed E-state index contributed by atoms with van der Waals surface area (Å²) in [4.78, 5) is 7.46. The Morgan fingerprint density at radius 2 is 1.69 bits per heavy atom. The molecule has 1 aromatic heterocycles. The molecule has 0 aliphatic rings. The molecule has 0 aliphatic carbocycles. The van der Waals surface area contributed by atoms with Gasteiger partial charge in [-0.3, -0.25) is 0 Å². The zero-order valence-corrected chi connectivity index (χ0v) is 21.5. The monoisotopic (exact) mass is 477 g/mol. The summed E-state index contributed by atoms with van der Waals surface area (Å²) < 4.78 is 5.48. The fraction of sp³-hybridized carbons (Fsp3) is 0.500. The summed E-state index contributed by atoms with van der Waals surface area (Å²) in [5.74, 6) is 0.835. The van der Waals surface area contributed by atoms with E-state index in [4.69, 9.17) is 21.3 Å². The highest BCUT2D eigenvalue weighted by molar-refractivity contribution is 6.31. The molecule has 0 aliphatic heterocycles. The predicted octanol–water partition coefficient (Wildman–Crippen LogP) is 7.56. The number of rotatable bonds is 11. The lowest BCUT2D eigenvalue weighted by molar-refractivity contribution is 0.196. The van der Waals surface area contributed by atoms with Crippen LogP contribution in [0, 0.1) is 0 Å². The van der Waals surface area contributed by atoms with Crippen LogP contribution in [0.15, 0.2) is 36.4 Å². The highest BCUT2D eigenvalue weighted by Crippen LogP contribution is 2.35. The molecule has 6 heteroatoms. The number of fused-ring (bicyclic) bond motifs is 2. The van der Waals surface area contributed by atoms with Crippen LogP contribution in [0.4, 0.5) is 5.69 Å². The van der Waals surface area contributed by atoms with Crippen LogP contribution in [-0.2, 0) is 0 Å². The average Bonchev–Trinajstić information content (AvgIpc) is 2.76. The lowest BCUT2D eigenvalue weighted by Gasteiger charge is -2.29. The molecule has 0 fully saturated rings. The molecule has 3 aromatic rings. The first-order chi connectivity index (χ1) is 15.0. The summed E-state index contributed by atoms with van der Waals surface area (Å²) in [6.07, 6.45) is 4.69. The Morgan fingerprint density at radius 3 is 2.34 bits per heavy atom. The number of pyridine rings is 1. The van der Waals surface area contributed by atoms with Gasteiger partial charge in [0.05, 0.1) is 23.8 Å². The molecule has 2 aromatic carbocycles. The number of aromatic nitrogens is 1. The lowest BCUT2D eigenvalue weighted by atomic mass is 10.0. The van der Waals surface area contributed by atoms with E-state index in [1.165, 1.54) is 32.4 Å². The lowest BCUT2D eigenvalue weighted by Crippen LogP contribution is -2.35. The molecule has 2 atom stereocenters. The van der Waals surface area contributed by atoms with Crippen molar-refractivity contribution in [1.82, 2.24) is 9.88 Å². The Labute approximate surface area is 204 Å². The summed E-state index contributed by atoms with van der Waals surface area (Å²) in [5.41, 5.74) is 2.95. The normalized spacial score (nSPS) is 13.2. The average molecular weight is 479 g/mol. The first kappa shape index (κ1) is 26.5. The minimum Gasteiger partial charge on any atom is -0.497 e. The van der Waals surface area contributed by atoms with Crippen molar-refractivity contribution in [2.45, 2.75) is 65.5 Å². The SMILES string of the molecule is CCCN(CCC)C(C)CCC(C)Nc1c2ccc(Cl)cc2nc2ccc(OC)cc12.Cl. The Morgan fingerprint density at radius 1 is 0.969 bits per heavy atom. The Kier molecular flexibility index (Phi) is 10.3. The number of hydrogen-bond acceptors (Lipinski definition) is 4. The molecule has 4 nitrogen and oxygen atoms in total. The van der Waals surface area contributed by atoms with E-state index in [0.717, 1.165) is 39.7 Å². The molecule has 0 spiro atoms. The van der Waals surface area contributed by atoms with Crippen LogP contribution in [0.2, 0.25) is 5.02 Å². The summed E-state index contributed by atoms with van der Waals surface area (Å²) in [7, 11) is 1.70. The van der Waals surface area contributed by atoms with Crippen LogP contribution < -0.4 is 10.1 Å². The number of benzene rings is 2. The predicted molar refractivity (Wildman–Crippen MR) is 142 cm³/mol. The van der Waals surface area contributed by atoms with E-state index in [1.807, 2.05) is 24.3 Å². The second-order valence-electron chi connectivity index (χ2n) is 8.54. The maximum atomic E-state index is 6.26. The molecule has 2 unspecified atom stereocenters. The van der Waals surface area contributed by atoms with Crippen LogP contribution >= 0.6 is 24.0 Å². The van der Waals surface area contributed by atoms with Gasteiger partial charge < -0.3 is 15.0 Å². The smallest absolute Gasteiger partial charge is 0.119 e. The van der Waals surface area contributed by atoms with E-state index < -0.39 is 0 Å². The van der Waals surface area contributed by atoms with Gasteiger partial charge in [0.15, 0.2) is 0 Å². The zero-order chi connectivity index (χ0) is 22.4. The van der Waals surface area contributed by atoms with Crippen molar-refractivity contribution in [3.63, 3.8) is 0 Å². The summed E-state index contributed by atoms with van der Waals surface area (Å²) in [5, 5.41) is 6.66. The number of nitrogens with zero attached hydrogens (tertiary/aromatic N) is 2. The van der Waals surface area contributed by atoms with Crippen molar-refractivity contribution in [2.75, 3.05) is 25.5 Å². The van der Waals surface area contributed by atoms with Crippen LogP contribution in [0.25, 0.3) is 21.8 Å². The molecular weight excluding hydrogens is 441 g/mol. The standard InChI is InChI=1S/C26H36ClN3O.ClH/c1-6-14-30(15-7-2)19(4)9-8-18(3)28-26-22-12-10-20(27)16-25(22)29-24-13-11-21(31-5)17-23(24)26;/h10-13,16-19H,6-9,14-15H2,1-5H3,(H,28,29);1H. The minimum atomic E-state index is 0. The van der Waals surface area contributed by atoms with Gasteiger partial charge in [-0.25, -0.2) is 4.98 Å². The number of methoxy groups -OCH3 is 1. The maximum Gasteiger partial charge on any atom is 0.119 e. The van der Waals surface area contributed by atoms with Crippen molar-refractivity contribution < 1.29 is 4.74 Å². The topological polar surface area (TPSA) is 37.4 Å². The van der Waals surface area contributed by atoms with Crippen LogP contribution in [0.1, 0.15) is 53.4 Å². The third kappa shape index (κ3) is 6.40. The first-order valence-electron chi connectivity index (χ1n) is 11.5. The first-order valence-corrected chi connectivity index (χ1v) is 11.9. The van der Waals surface area contributed by atoms with Crippen molar-refractivity contribution >= 4 is 51.5 Å². The third-order valence-electron chi connectivity index (χ3n) is 6.00. The fourth-order valence-corrected chi connectivity index (χ4v) is 4.46. The van der Waals surface area contributed by atoms with Crippen LogP contribution in [0.3, 0.4) is 0 Å². The Hall–Kier alpha value is -1.75. The highest BCUT2D eigenvalue weighted by atomic mass is 35.5. The molecule has 0 amide bonds. The van der Waals surface area contributed by atoms with Gasteiger partial charge in [-0.2, -0.15) is 0 Å². The van der Waals surface area contributed by atoms with E-state index >= 15 is 0 Å². The fourth-order valence-electron chi connectivity index (χ4n) is 4.30. The Bertz CT molecular complexity index is 1010. The van der Waals surface area contributed by atoms with Gasteiger partial charge in [-0.1, -0.05) is 25.4 Å². The Balaban J connectivity index is 0.00000363. The summed E-state index contributed by atoms with van der Waals surface area (Å²) >= 11 is 6.26. The molecule has 32 heavy (non-hydrogen) atoms. The molecule has 3 rings (SSSR count). The number of halogens is 2. The molecule has 0 saturated carbocycles. The molecule has 0 bridgehead atoms. The third-order valence-corrected chi connectivity index (χ3v) is 6.23. The maximum absolute atomic E-state index is 6.26. The van der Waals surface area contributed by atoms with Gasteiger partial charge in [-0.05, 0) is 89.0 Å². The highest BCUT2D eigenvalue weighted by Gasteiger charge is 2.16. The van der Waals surface area contributed by atoms with Gasteiger partial charge in [0, 0.05) is 27.9 Å². The molecule has 1 N–H and O–H groups in total. The second kappa shape index (κ2) is 12.5. The molecular formula is C26H37Cl2N3O. The van der Waals surface area contributed by atoms with Gasteiger partial charge in [-0.15, -0.1) is 12.4 Å². The summed E-state index contributed by atoms with van der Waals surface area (Å²) in [6.45, 7) is 11.5. The molecule has 1 heterocycles. The van der Waals surface area contributed by atoms with E-state index in [0.29, 0.717) is 17.1 Å². The van der Waals surface area contributed by atoms with Gasteiger partial charge in [0.1, 0.15) is 5.75 Å². The second-order valence-corrected chi connectivity index (χ2v) is 8.98. The quantitative estimate of drug-likeness (QED) is 0.289. The van der Waals surface area contributed by atoms with Gasteiger partial charge in [0.2, 0.25) is 0 Å². The molecule has 176 valence electrons. The van der Waals surface area contributed by atoms with E-state index in [-0.39, 0.29) is 12.4 Å². The number of nitrogens with one attached hydrogen (secondary N) is 1. The zero-order valence-electron chi connectivity index (χ0n) is 20.0.